The van der Waals surface area contributed by atoms with Crippen molar-refractivity contribution in [2.24, 2.45) is 11.8 Å². The van der Waals surface area contributed by atoms with Crippen LogP contribution in [0.5, 0.6) is 0 Å². The summed E-state index contributed by atoms with van der Waals surface area (Å²) in [6.45, 7) is 21.2. The van der Waals surface area contributed by atoms with Crippen LogP contribution in [0.4, 0.5) is 0 Å². The van der Waals surface area contributed by atoms with Crippen molar-refractivity contribution >= 4 is 28.7 Å². The predicted molar refractivity (Wildman–Crippen MR) is 173 cm³/mol. The van der Waals surface area contributed by atoms with Crippen molar-refractivity contribution < 1.29 is 46.2 Å². The van der Waals surface area contributed by atoms with Gasteiger partial charge in [0.05, 0.1) is 12.2 Å². The van der Waals surface area contributed by atoms with Crippen LogP contribution in [-0.4, -0.2) is 104 Å². The van der Waals surface area contributed by atoms with Crippen molar-refractivity contribution in [2.45, 2.75) is 152 Å². The van der Waals surface area contributed by atoms with Crippen molar-refractivity contribution in [2.75, 3.05) is 14.2 Å². The van der Waals surface area contributed by atoms with Gasteiger partial charge in [-0.3, -0.25) is 9.59 Å². The third-order valence-electron chi connectivity index (χ3n) is 12.1. The Kier molecular flexibility index (Phi) is 8.16. The van der Waals surface area contributed by atoms with Gasteiger partial charge in [0.2, 0.25) is 0 Å². The SMILES string of the molecule is CO[Si](O[C@H]1C2=C(C(=O)[C@@H]3O[C@@H]31)[C@H]1[C@@H]3C4=C([C@@H](O[C@H]3C)[C@@H]2O[C@H]1C)[C@H](O[Si](OC)(C(C)C)C(C)C)[C@H]1O[C@H]1C4=O)(C(C)C)C(C)C. The zero-order chi connectivity index (χ0) is 33.4. The second-order valence-electron chi connectivity index (χ2n) is 15.6. The minimum absolute atomic E-state index is 0.00675. The molecule has 46 heavy (non-hydrogen) atoms. The molecule has 0 amide bonds. The molecule has 0 unspecified atom stereocenters. The molecule has 2 fully saturated rings. The molecule has 0 aromatic rings. The lowest BCUT2D eigenvalue weighted by atomic mass is 9.60. The van der Waals surface area contributed by atoms with Crippen molar-refractivity contribution in [1.82, 2.24) is 0 Å². The van der Waals surface area contributed by atoms with Crippen LogP contribution in [-0.2, 0) is 46.2 Å². The first kappa shape index (κ1) is 33.4. The highest BCUT2D eigenvalue weighted by Gasteiger charge is 2.71. The van der Waals surface area contributed by atoms with E-state index in [1.807, 2.05) is 13.8 Å². The molecule has 3 aliphatic carbocycles. The number of carbonyl (C=O) groups excluding carboxylic acids is 2. The van der Waals surface area contributed by atoms with Gasteiger partial charge in [-0.05, 0) is 47.2 Å². The summed E-state index contributed by atoms with van der Waals surface area (Å²) in [5.74, 6) is -0.833. The maximum atomic E-state index is 14.3. The summed E-state index contributed by atoms with van der Waals surface area (Å²) in [6, 6.07) is 0. The molecule has 0 spiro atoms. The van der Waals surface area contributed by atoms with Crippen molar-refractivity contribution in [3.8, 4) is 0 Å². The normalized spacial score (nSPS) is 41.3. The summed E-state index contributed by atoms with van der Waals surface area (Å²) in [5, 5.41) is 0. The number of hydrogen-bond acceptors (Lipinski definition) is 10. The zero-order valence-electron chi connectivity index (χ0n) is 29.3. The molecule has 7 aliphatic rings. The molecule has 12 atom stereocenters. The Morgan fingerprint density at radius 3 is 1.15 bits per heavy atom. The highest BCUT2D eigenvalue weighted by atomic mass is 28.4. The number of fused-ring (bicyclic) bond motifs is 4. The lowest BCUT2D eigenvalue weighted by Crippen LogP contribution is -2.65. The zero-order valence-corrected chi connectivity index (χ0v) is 31.3. The largest absolute Gasteiger partial charge is 0.397 e. The maximum absolute atomic E-state index is 14.3. The highest BCUT2D eigenvalue weighted by Crippen LogP contribution is 2.60. The predicted octanol–water partition coefficient (Wildman–Crippen LogP) is 4.69. The molecule has 12 heteroatoms. The molecule has 2 saturated heterocycles. The number of hydrogen-bond donors (Lipinski definition) is 0. The first-order valence-electron chi connectivity index (χ1n) is 17.3. The third kappa shape index (κ3) is 4.40. The van der Waals surface area contributed by atoms with E-state index in [1.54, 1.807) is 14.2 Å². The van der Waals surface area contributed by atoms with Gasteiger partial charge in [-0.15, -0.1) is 0 Å². The van der Waals surface area contributed by atoms with E-state index in [2.05, 4.69) is 55.4 Å². The van der Waals surface area contributed by atoms with Crippen LogP contribution in [0.1, 0.15) is 69.2 Å². The molecule has 0 aromatic heterocycles. The first-order valence-corrected chi connectivity index (χ1v) is 21.2. The van der Waals surface area contributed by atoms with E-state index in [0.29, 0.717) is 11.1 Å². The number of carbonyl (C=O) groups is 2. The molecule has 0 radical (unpaired) electrons. The molecular formula is C34H52O10Si2. The fraction of sp³-hybridized carbons (Fsp3) is 0.824. The van der Waals surface area contributed by atoms with E-state index in [0.717, 1.165) is 11.1 Å². The summed E-state index contributed by atoms with van der Waals surface area (Å²) in [4.78, 5) is 28.5. The van der Waals surface area contributed by atoms with Gasteiger partial charge in [-0.2, -0.15) is 0 Å². The standard InChI is InChI=1S/C34H52O10Si2/c1-13(2)45(37-11,14(3)4)43-29-23-21(25(35)31-33(29)41-31)19-17(9)39-27(23)28-24-22(20(19)18(10)40-28)26(36)32-34(42-32)30(24)44-46(38-12,15(5)6)16(7)8/h13-20,27-34H,1-12H3/t17-,18-,19+,20+,27+,28+,29-,30-,31-,32-,33+,34+/m0/s1. The second kappa shape index (κ2) is 11.2. The van der Waals surface area contributed by atoms with Gasteiger partial charge in [0, 0.05) is 37.2 Å². The molecule has 4 aliphatic heterocycles. The number of rotatable bonds is 10. The quantitative estimate of drug-likeness (QED) is 0.239. The Hall–Kier alpha value is -1.07. The van der Waals surface area contributed by atoms with E-state index < -0.39 is 77.8 Å². The number of ether oxygens (including phenoxy) is 4. The topological polar surface area (TPSA) is 115 Å². The Bertz CT molecular complexity index is 1250. The van der Waals surface area contributed by atoms with Crippen LogP contribution < -0.4 is 0 Å². The molecule has 256 valence electrons. The Labute approximate surface area is 275 Å². The van der Waals surface area contributed by atoms with Crippen molar-refractivity contribution in [1.29, 1.82) is 0 Å². The minimum atomic E-state index is -2.80. The Morgan fingerprint density at radius 2 is 0.870 bits per heavy atom. The number of epoxide rings is 2. The number of ketones is 2. The van der Waals surface area contributed by atoms with Gasteiger partial charge in [0.25, 0.3) is 0 Å². The van der Waals surface area contributed by atoms with Gasteiger partial charge < -0.3 is 36.7 Å². The summed E-state index contributed by atoms with van der Waals surface area (Å²) < 4.78 is 53.2. The average molecular weight is 677 g/mol. The van der Waals surface area contributed by atoms with Gasteiger partial charge in [0.1, 0.15) is 48.8 Å². The van der Waals surface area contributed by atoms with Crippen LogP contribution in [0.3, 0.4) is 0 Å². The van der Waals surface area contributed by atoms with E-state index in [9.17, 15) is 9.59 Å². The molecule has 7 rings (SSSR count). The smallest absolute Gasteiger partial charge is 0.343 e. The maximum Gasteiger partial charge on any atom is 0.343 e. The second-order valence-corrected chi connectivity index (χ2v) is 24.4. The van der Waals surface area contributed by atoms with Gasteiger partial charge in [-0.25, -0.2) is 0 Å². The molecule has 4 heterocycles. The van der Waals surface area contributed by atoms with Crippen molar-refractivity contribution in [3.05, 3.63) is 22.3 Å². The molecule has 0 N–H and O–H groups in total. The van der Waals surface area contributed by atoms with E-state index in [4.69, 9.17) is 36.7 Å². The third-order valence-corrected chi connectivity index (χ3v) is 21.0. The first-order chi connectivity index (χ1) is 21.7. The van der Waals surface area contributed by atoms with Gasteiger partial charge in [-0.1, -0.05) is 55.4 Å². The summed E-state index contributed by atoms with van der Waals surface area (Å²) in [6.07, 6.45) is -4.91. The fourth-order valence-corrected chi connectivity index (χ4v) is 17.1. The van der Waals surface area contributed by atoms with E-state index in [1.165, 1.54) is 0 Å². The van der Waals surface area contributed by atoms with Crippen LogP contribution in [0, 0.1) is 11.8 Å². The number of Topliss-reactive ketones (excluding diaryl/α,β-unsaturated/α-hetero) is 2. The fourth-order valence-electron chi connectivity index (χ4n) is 9.96. The van der Waals surface area contributed by atoms with Crippen LogP contribution in [0.2, 0.25) is 22.2 Å². The molecule has 0 aromatic carbocycles. The molecule has 10 nitrogen and oxygen atoms in total. The lowest BCUT2D eigenvalue weighted by Gasteiger charge is -2.56. The highest BCUT2D eigenvalue weighted by molar-refractivity contribution is 6.70. The Balaban J connectivity index is 1.40. The monoisotopic (exact) mass is 676 g/mol. The van der Waals surface area contributed by atoms with Crippen LogP contribution in [0.25, 0.3) is 0 Å². The van der Waals surface area contributed by atoms with Crippen LogP contribution >= 0.6 is 0 Å². The van der Waals surface area contributed by atoms with E-state index >= 15 is 0 Å². The van der Waals surface area contributed by atoms with E-state index in [-0.39, 0.29) is 45.9 Å². The molecule has 4 bridgehead atoms. The summed E-state index contributed by atoms with van der Waals surface area (Å²) >= 11 is 0. The van der Waals surface area contributed by atoms with Gasteiger partial charge >= 0.3 is 17.1 Å². The Morgan fingerprint density at radius 1 is 0.543 bits per heavy atom. The lowest BCUT2D eigenvalue weighted by molar-refractivity contribution is -0.177. The summed E-state index contributed by atoms with van der Waals surface area (Å²) in [5.41, 5.74) is 3.66. The average Bonchev–Trinajstić information content (AvgIpc) is 3.90. The minimum Gasteiger partial charge on any atom is -0.397 e. The van der Waals surface area contributed by atoms with Gasteiger partial charge in [0.15, 0.2) is 11.6 Å². The molecule has 0 saturated carbocycles. The molecular weight excluding hydrogens is 625 g/mol. The van der Waals surface area contributed by atoms with Crippen molar-refractivity contribution in [3.63, 3.8) is 0 Å². The summed E-state index contributed by atoms with van der Waals surface area (Å²) in [7, 11) is -2.12. The van der Waals surface area contributed by atoms with Crippen LogP contribution in [0.15, 0.2) is 22.3 Å².